The molecule has 0 fully saturated rings. The van der Waals surface area contributed by atoms with Crippen LogP contribution in [0.15, 0.2) is 64.5 Å². The van der Waals surface area contributed by atoms with E-state index >= 15 is 0 Å². The molecule has 0 aliphatic heterocycles. The third-order valence-corrected chi connectivity index (χ3v) is 3.61. The Labute approximate surface area is 148 Å². The Morgan fingerprint density at radius 3 is 2.76 bits per heavy atom. The molecule has 0 spiro atoms. The van der Waals surface area contributed by atoms with Crippen molar-refractivity contribution in [2.45, 2.75) is 0 Å². The molecule has 6 nitrogen and oxygen atoms in total. The quantitative estimate of drug-likeness (QED) is 0.545. The number of halogens is 1. The molecule has 0 radical (unpaired) electrons. The molecule has 3 rings (SSSR count). The van der Waals surface area contributed by atoms with Crippen molar-refractivity contribution in [3.63, 3.8) is 0 Å². The monoisotopic (exact) mass is 355 g/mol. The first kappa shape index (κ1) is 16.7. The van der Waals surface area contributed by atoms with Crippen molar-refractivity contribution in [2.75, 3.05) is 6.61 Å². The Bertz CT molecular complexity index is 981. The molecule has 2 aromatic carbocycles. The summed E-state index contributed by atoms with van der Waals surface area (Å²) in [5.74, 6) is 0.0814. The van der Waals surface area contributed by atoms with Crippen LogP contribution in [0.5, 0.6) is 5.75 Å². The lowest BCUT2D eigenvalue weighted by Gasteiger charge is -2.04. The van der Waals surface area contributed by atoms with Crippen LogP contribution in [0, 0.1) is 0 Å². The fourth-order valence-corrected chi connectivity index (χ4v) is 2.27. The fraction of sp³-hybridized carbons (Fsp3) is 0.0556. The summed E-state index contributed by atoms with van der Waals surface area (Å²) in [6.45, 7) is -0.201. The zero-order valence-corrected chi connectivity index (χ0v) is 13.8. The van der Waals surface area contributed by atoms with Gasteiger partial charge in [0.25, 0.3) is 11.5 Å². The third-order valence-electron chi connectivity index (χ3n) is 3.36. The zero-order valence-electron chi connectivity index (χ0n) is 13.0. The SMILES string of the molecule is O=C(COc1ccc(Cl)cc1)N/N=C\c1cc2ccccc2[nH]c1=O. The van der Waals surface area contributed by atoms with Crippen molar-refractivity contribution < 1.29 is 9.53 Å². The van der Waals surface area contributed by atoms with E-state index in [2.05, 4.69) is 15.5 Å². The molecule has 7 heteroatoms. The molecule has 25 heavy (non-hydrogen) atoms. The standard InChI is InChI=1S/C18H14ClN3O3/c19-14-5-7-15(8-6-14)25-11-17(23)22-20-10-13-9-12-3-1-2-4-16(12)21-18(13)24/h1-10H,11H2,(H,21,24)(H,22,23)/b20-10-. The van der Waals surface area contributed by atoms with Gasteiger partial charge in [-0.1, -0.05) is 29.8 Å². The number of ether oxygens (including phenoxy) is 1. The number of pyridine rings is 1. The second-order valence-electron chi connectivity index (χ2n) is 5.18. The first-order chi connectivity index (χ1) is 12.1. The Hall–Kier alpha value is -3.12. The number of aromatic nitrogens is 1. The minimum absolute atomic E-state index is 0.201. The molecule has 2 N–H and O–H groups in total. The third kappa shape index (κ3) is 4.45. The van der Waals surface area contributed by atoms with Gasteiger partial charge in [-0.05, 0) is 41.8 Å². The van der Waals surface area contributed by atoms with Crippen LogP contribution in [0.25, 0.3) is 10.9 Å². The van der Waals surface area contributed by atoms with Gasteiger partial charge in [-0.3, -0.25) is 9.59 Å². The Kier molecular flexibility index (Phi) is 5.11. The van der Waals surface area contributed by atoms with Crippen LogP contribution < -0.4 is 15.7 Å². The average Bonchev–Trinajstić information content (AvgIpc) is 2.61. The van der Waals surface area contributed by atoms with Crippen LogP contribution in [0.4, 0.5) is 0 Å². The van der Waals surface area contributed by atoms with Crippen molar-refractivity contribution in [3.8, 4) is 5.75 Å². The second-order valence-corrected chi connectivity index (χ2v) is 5.61. The molecule has 0 aliphatic carbocycles. The van der Waals surface area contributed by atoms with Crippen molar-refractivity contribution in [1.29, 1.82) is 0 Å². The van der Waals surface area contributed by atoms with Crippen LogP contribution in [-0.2, 0) is 4.79 Å². The number of para-hydroxylation sites is 1. The van der Waals surface area contributed by atoms with E-state index in [9.17, 15) is 9.59 Å². The number of hydrogen-bond donors (Lipinski definition) is 2. The number of hydrazone groups is 1. The minimum Gasteiger partial charge on any atom is -0.484 e. The first-order valence-corrected chi connectivity index (χ1v) is 7.82. The van der Waals surface area contributed by atoms with Crippen molar-refractivity contribution in [3.05, 3.63) is 75.5 Å². The minimum atomic E-state index is -0.441. The van der Waals surface area contributed by atoms with E-state index < -0.39 is 5.91 Å². The summed E-state index contributed by atoms with van der Waals surface area (Å²) in [5, 5.41) is 5.25. The number of carbonyl (C=O) groups is 1. The lowest BCUT2D eigenvalue weighted by Crippen LogP contribution is -2.25. The summed E-state index contributed by atoms with van der Waals surface area (Å²) < 4.78 is 5.29. The maximum Gasteiger partial charge on any atom is 0.277 e. The highest BCUT2D eigenvalue weighted by Gasteiger charge is 2.03. The van der Waals surface area contributed by atoms with E-state index in [-0.39, 0.29) is 12.2 Å². The normalized spacial score (nSPS) is 10.9. The molecule has 1 amide bonds. The number of H-pyrrole nitrogens is 1. The van der Waals surface area contributed by atoms with E-state index in [4.69, 9.17) is 16.3 Å². The maximum atomic E-state index is 12.0. The van der Waals surface area contributed by atoms with Gasteiger partial charge in [0.1, 0.15) is 5.75 Å². The van der Waals surface area contributed by atoms with E-state index in [0.29, 0.717) is 16.3 Å². The Morgan fingerprint density at radius 1 is 1.20 bits per heavy atom. The number of carbonyl (C=O) groups excluding carboxylic acids is 1. The fourth-order valence-electron chi connectivity index (χ4n) is 2.15. The zero-order chi connectivity index (χ0) is 17.6. The predicted octanol–water partition coefficient (Wildman–Crippen LogP) is 2.71. The summed E-state index contributed by atoms with van der Waals surface area (Å²) in [6, 6.07) is 15.8. The summed E-state index contributed by atoms with van der Waals surface area (Å²) in [6.07, 6.45) is 1.30. The van der Waals surface area contributed by atoms with Crippen LogP contribution in [0.3, 0.4) is 0 Å². The van der Waals surface area contributed by atoms with E-state index in [0.717, 1.165) is 10.9 Å². The van der Waals surface area contributed by atoms with Crippen LogP contribution in [0.2, 0.25) is 5.02 Å². The van der Waals surface area contributed by atoms with Crippen LogP contribution >= 0.6 is 11.6 Å². The number of benzene rings is 2. The molecule has 0 unspecified atom stereocenters. The largest absolute Gasteiger partial charge is 0.484 e. The lowest BCUT2D eigenvalue weighted by atomic mass is 10.2. The number of fused-ring (bicyclic) bond motifs is 1. The van der Waals surface area contributed by atoms with Gasteiger partial charge in [0.2, 0.25) is 0 Å². The molecule has 126 valence electrons. The summed E-state index contributed by atoms with van der Waals surface area (Å²) in [5.41, 5.74) is 3.12. The highest BCUT2D eigenvalue weighted by atomic mass is 35.5. The molecule has 0 atom stereocenters. The first-order valence-electron chi connectivity index (χ1n) is 7.44. The number of nitrogens with one attached hydrogen (secondary N) is 2. The van der Waals surface area contributed by atoms with E-state index in [1.165, 1.54) is 6.21 Å². The molecule has 0 bridgehead atoms. The number of aromatic amines is 1. The van der Waals surface area contributed by atoms with Gasteiger partial charge in [0.05, 0.1) is 11.8 Å². The van der Waals surface area contributed by atoms with Crippen molar-refractivity contribution in [2.24, 2.45) is 5.10 Å². The topological polar surface area (TPSA) is 83.5 Å². The maximum absolute atomic E-state index is 12.0. The molecule has 0 saturated carbocycles. The highest BCUT2D eigenvalue weighted by molar-refractivity contribution is 6.30. The lowest BCUT2D eigenvalue weighted by molar-refractivity contribution is -0.123. The van der Waals surface area contributed by atoms with Gasteiger partial charge < -0.3 is 9.72 Å². The van der Waals surface area contributed by atoms with E-state index in [1.54, 1.807) is 30.3 Å². The molecular formula is C18H14ClN3O3. The van der Waals surface area contributed by atoms with Crippen LogP contribution in [0.1, 0.15) is 5.56 Å². The number of hydrogen-bond acceptors (Lipinski definition) is 4. The van der Waals surface area contributed by atoms with Gasteiger partial charge in [-0.15, -0.1) is 0 Å². The Morgan fingerprint density at radius 2 is 1.96 bits per heavy atom. The van der Waals surface area contributed by atoms with Gasteiger partial charge >= 0.3 is 0 Å². The van der Waals surface area contributed by atoms with Crippen LogP contribution in [-0.4, -0.2) is 23.7 Å². The van der Waals surface area contributed by atoms with Gasteiger partial charge in [0, 0.05) is 10.5 Å². The summed E-state index contributed by atoms with van der Waals surface area (Å²) in [7, 11) is 0. The average molecular weight is 356 g/mol. The van der Waals surface area contributed by atoms with Crippen molar-refractivity contribution in [1.82, 2.24) is 10.4 Å². The van der Waals surface area contributed by atoms with Gasteiger partial charge in [-0.25, -0.2) is 5.43 Å². The van der Waals surface area contributed by atoms with Crippen molar-refractivity contribution >= 4 is 34.6 Å². The highest BCUT2D eigenvalue weighted by Crippen LogP contribution is 2.15. The molecule has 3 aromatic rings. The van der Waals surface area contributed by atoms with Gasteiger partial charge in [0.15, 0.2) is 6.61 Å². The smallest absolute Gasteiger partial charge is 0.277 e. The molecule has 1 aromatic heterocycles. The number of nitrogens with zero attached hydrogens (tertiary/aromatic N) is 1. The predicted molar refractivity (Wildman–Crippen MR) is 97.3 cm³/mol. The number of amides is 1. The summed E-state index contributed by atoms with van der Waals surface area (Å²) >= 11 is 5.77. The van der Waals surface area contributed by atoms with Gasteiger partial charge in [-0.2, -0.15) is 5.10 Å². The summed E-state index contributed by atoms with van der Waals surface area (Å²) in [4.78, 5) is 26.4. The molecule has 0 aliphatic rings. The molecule has 1 heterocycles. The molecular weight excluding hydrogens is 342 g/mol. The van der Waals surface area contributed by atoms with E-state index in [1.807, 2.05) is 24.3 Å². The second kappa shape index (κ2) is 7.63. The number of rotatable bonds is 5. The Balaban J connectivity index is 1.59. The molecule has 0 saturated heterocycles.